The Bertz CT molecular complexity index is 574. The van der Waals surface area contributed by atoms with E-state index >= 15 is 0 Å². The van der Waals surface area contributed by atoms with E-state index in [-0.39, 0.29) is 102 Å². The van der Waals surface area contributed by atoms with Crippen LogP contribution < -0.4 is 14.2 Å². The van der Waals surface area contributed by atoms with E-state index < -0.39 is 5.97 Å². The maximum atomic E-state index is 12.1. The Balaban J connectivity index is 2.98. The Kier molecular flexibility index (Phi) is 15.2. The molecule has 11 heteroatoms. The van der Waals surface area contributed by atoms with Gasteiger partial charge in [-0.3, -0.25) is 0 Å². The molecule has 0 saturated carbocycles. The van der Waals surface area contributed by atoms with Crippen LogP contribution in [0.4, 0.5) is 0 Å². The third-order valence-corrected chi connectivity index (χ3v) is 3.59. The van der Waals surface area contributed by atoms with E-state index in [2.05, 4.69) is 0 Å². The summed E-state index contributed by atoms with van der Waals surface area (Å²) in [5, 5.41) is 26.3. The first-order chi connectivity index (χ1) is 15.2. The van der Waals surface area contributed by atoms with Crippen LogP contribution in [0.5, 0.6) is 17.2 Å². The highest BCUT2D eigenvalue weighted by molar-refractivity contribution is 5.91. The second-order valence-electron chi connectivity index (χ2n) is 5.85. The first-order valence-corrected chi connectivity index (χ1v) is 9.88. The second-order valence-corrected chi connectivity index (χ2v) is 5.85. The molecule has 0 aliphatic heterocycles. The molecule has 0 radical (unpaired) electrons. The first-order valence-electron chi connectivity index (χ1n) is 9.88. The van der Waals surface area contributed by atoms with Crippen LogP contribution in [-0.4, -0.2) is 108 Å². The molecule has 1 aromatic rings. The van der Waals surface area contributed by atoms with Gasteiger partial charge < -0.3 is 48.5 Å². The van der Waals surface area contributed by atoms with Crippen LogP contribution in [0, 0.1) is 0 Å². The van der Waals surface area contributed by atoms with E-state index in [0.29, 0.717) is 0 Å². The summed E-state index contributed by atoms with van der Waals surface area (Å²) in [6.07, 6.45) is 0. The number of benzene rings is 1. The van der Waals surface area contributed by atoms with Gasteiger partial charge in [0, 0.05) is 0 Å². The van der Waals surface area contributed by atoms with E-state index in [1.807, 2.05) is 0 Å². The molecule has 0 aliphatic rings. The van der Waals surface area contributed by atoms with Crippen LogP contribution in [0.25, 0.3) is 0 Å². The van der Waals surface area contributed by atoms with E-state index in [4.69, 9.17) is 48.5 Å². The summed E-state index contributed by atoms with van der Waals surface area (Å²) in [5.74, 6) is 0.151. The van der Waals surface area contributed by atoms with Crippen LogP contribution in [0.2, 0.25) is 0 Å². The number of aliphatic hydroxyl groups is 3. The third-order valence-electron chi connectivity index (χ3n) is 3.59. The zero-order valence-corrected chi connectivity index (χ0v) is 17.7. The van der Waals surface area contributed by atoms with Crippen molar-refractivity contribution in [1.82, 2.24) is 0 Å². The molecule has 0 aromatic heterocycles. The minimum Gasteiger partial charge on any atom is -0.487 e. The van der Waals surface area contributed by atoms with Gasteiger partial charge in [0.05, 0.1) is 72.1 Å². The molecule has 0 bridgehead atoms. The molecule has 0 heterocycles. The number of hydrogen-bond donors (Lipinski definition) is 3. The Labute approximate surface area is 181 Å². The quantitative estimate of drug-likeness (QED) is 0.189. The van der Waals surface area contributed by atoms with E-state index in [0.717, 1.165) is 0 Å². The molecule has 31 heavy (non-hydrogen) atoms. The molecule has 0 fully saturated rings. The van der Waals surface area contributed by atoms with Crippen LogP contribution in [0.15, 0.2) is 12.1 Å². The van der Waals surface area contributed by atoms with Crippen molar-refractivity contribution in [2.75, 3.05) is 86.4 Å². The number of carbonyl (C=O) groups excluding carboxylic acids is 1. The molecule has 1 aromatic carbocycles. The van der Waals surface area contributed by atoms with Gasteiger partial charge in [-0.2, -0.15) is 0 Å². The number of hydrogen-bond acceptors (Lipinski definition) is 11. The summed E-state index contributed by atoms with van der Waals surface area (Å²) < 4.78 is 37.6. The molecular weight excluding hydrogens is 416 g/mol. The summed E-state index contributed by atoms with van der Waals surface area (Å²) >= 11 is 0. The van der Waals surface area contributed by atoms with Crippen LogP contribution in [0.1, 0.15) is 10.4 Å². The van der Waals surface area contributed by atoms with Crippen molar-refractivity contribution >= 4 is 5.97 Å². The molecular formula is C20H32O11. The highest BCUT2D eigenvalue weighted by Crippen LogP contribution is 2.39. The van der Waals surface area contributed by atoms with Gasteiger partial charge in [-0.05, 0) is 12.1 Å². The molecule has 0 atom stereocenters. The number of methoxy groups -OCH3 is 1. The zero-order chi connectivity index (χ0) is 22.7. The van der Waals surface area contributed by atoms with Gasteiger partial charge in [0.2, 0.25) is 5.75 Å². The number of carbonyl (C=O) groups is 1. The van der Waals surface area contributed by atoms with Gasteiger partial charge in [0.1, 0.15) is 19.8 Å². The SMILES string of the molecule is COC(=O)c1cc(OCCOCCO)c(OCCOCCO)c(OCCOCCO)c1. The fourth-order valence-corrected chi connectivity index (χ4v) is 2.29. The van der Waals surface area contributed by atoms with E-state index in [1.165, 1.54) is 19.2 Å². The van der Waals surface area contributed by atoms with E-state index in [1.54, 1.807) is 0 Å². The smallest absolute Gasteiger partial charge is 0.338 e. The van der Waals surface area contributed by atoms with Gasteiger partial charge in [-0.25, -0.2) is 4.79 Å². The molecule has 0 aliphatic carbocycles. The van der Waals surface area contributed by atoms with Crippen molar-refractivity contribution in [3.63, 3.8) is 0 Å². The number of ether oxygens (including phenoxy) is 7. The normalized spacial score (nSPS) is 10.7. The van der Waals surface area contributed by atoms with Crippen molar-refractivity contribution in [2.24, 2.45) is 0 Å². The van der Waals surface area contributed by atoms with Gasteiger partial charge in [-0.15, -0.1) is 0 Å². The van der Waals surface area contributed by atoms with Crippen LogP contribution in [0.3, 0.4) is 0 Å². The van der Waals surface area contributed by atoms with Gasteiger partial charge in [-0.1, -0.05) is 0 Å². The lowest BCUT2D eigenvalue weighted by atomic mass is 10.2. The summed E-state index contributed by atoms with van der Waals surface area (Å²) in [7, 11) is 1.26. The van der Waals surface area contributed by atoms with Crippen molar-refractivity contribution < 1.29 is 53.3 Å². The van der Waals surface area contributed by atoms with Crippen molar-refractivity contribution in [3.05, 3.63) is 17.7 Å². The summed E-state index contributed by atoms with van der Waals surface area (Å²) in [4.78, 5) is 12.1. The van der Waals surface area contributed by atoms with Gasteiger partial charge in [0.25, 0.3) is 0 Å². The van der Waals surface area contributed by atoms with Crippen molar-refractivity contribution in [3.8, 4) is 17.2 Å². The Morgan fingerprint density at radius 1 is 0.677 bits per heavy atom. The lowest BCUT2D eigenvalue weighted by molar-refractivity contribution is 0.0581. The summed E-state index contributed by atoms with van der Waals surface area (Å²) in [6, 6.07) is 2.94. The van der Waals surface area contributed by atoms with Crippen LogP contribution >= 0.6 is 0 Å². The minimum absolute atomic E-state index is 0.0990. The highest BCUT2D eigenvalue weighted by Gasteiger charge is 2.19. The van der Waals surface area contributed by atoms with Gasteiger partial charge >= 0.3 is 5.97 Å². The second kappa shape index (κ2) is 17.5. The maximum Gasteiger partial charge on any atom is 0.338 e. The summed E-state index contributed by atoms with van der Waals surface area (Å²) in [6.45, 7) is 1.32. The molecule has 11 nitrogen and oxygen atoms in total. The number of aliphatic hydroxyl groups excluding tert-OH is 3. The van der Waals surface area contributed by atoms with Crippen LogP contribution in [-0.2, 0) is 18.9 Å². The van der Waals surface area contributed by atoms with E-state index in [9.17, 15) is 4.79 Å². The molecule has 0 amide bonds. The number of rotatable bonds is 19. The molecule has 3 N–H and O–H groups in total. The maximum absolute atomic E-state index is 12.1. The fraction of sp³-hybridized carbons (Fsp3) is 0.650. The van der Waals surface area contributed by atoms with Crippen molar-refractivity contribution in [1.29, 1.82) is 0 Å². The highest BCUT2D eigenvalue weighted by atomic mass is 16.6. The Morgan fingerprint density at radius 2 is 1.10 bits per heavy atom. The molecule has 0 spiro atoms. The monoisotopic (exact) mass is 448 g/mol. The van der Waals surface area contributed by atoms with Gasteiger partial charge in [0.15, 0.2) is 11.5 Å². The fourth-order valence-electron chi connectivity index (χ4n) is 2.29. The molecule has 1 rings (SSSR count). The standard InChI is InChI=1S/C20H32O11/c1-25-20(24)16-14-17(29-11-8-26-5-2-21)19(31-13-10-28-7-4-23)18(15-16)30-12-9-27-6-3-22/h14-15,21-23H,2-13H2,1H3. The third kappa shape index (κ3) is 11.2. The lowest BCUT2D eigenvalue weighted by Crippen LogP contribution is -2.15. The molecule has 178 valence electrons. The largest absolute Gasteiger partial charge is 0.487 e. The average Bonchev–Trinajstić information content (AvgIpc) is 2.78. The predicted molar refractivity (Wildman–Crippen MR) is 108 cm³/mol. The molecule has 0 unspecified atom stereocenters. The Hall–Kier alpha value is -2.15. The summed E-state index contributed by atoms with van der Waals surface area (Å²) in [5.41, 5.74) is 0.198. The molecule has 0 saturated heterocycles. The van der Waals surface area contributed by atoms with Crippen molar-refractivity contribution in [2.45, 2.75) is 0 Å². The predicted octanol–water partition coefficient (Wildman–Crippen LogP) is -0.364. The first kappa shape index (κ1) is 26.9. The number of esters is 1. The Morgan fingerprint density at radius 3 is 1.48 bits per heavy atom. The minimum atomic E-state index is -0.583. The lowest BCUT2D eigenvalue weighted by Gasteiger charge is -2.18. The zero-order valence-electron chi connectivity index (χ0n) is 17.7. The average molecular weight is 448 g/mol. The topological polar surface area (TPSA) is 142 Å².